The summed E-state index contributed by atoms with van der Waals surface area (Å²) in [5, 5.41) is 7.80. The lowest BCUT2D eigenvalue weighted by atomic mass is 9.72. The molecular weight excluding hydrogens is 432 g/mol. The summed E-state index contributed by atoms with van der Waals surface area (Å²) in [5.41, 5.74) is 7.42. The predicted molar refractivity (Wildman–Crippen MR) is 121 cm³/mol. The van der Waals surface area contributed by atoms with Crippen molar-refractivity contribution in [3.63, 3.8) is 0 Å². The van der Waals surface area contributed by atoms with Gasteiger partial charge in [-0.1, -0.05) is 25.9 Å². The zero-order valence-corrected chi connectivity index (χ0v) is 19.5. The number of aromatic nitrogens is 2. The topological polar surface area (TPSA) is 97.1 Å². The van der Waals surface area contributed by atoms with Crippen LogP contribution in [-0.2, 0) is 24.1 Å². The van der Waals surface area contributed by atoms with Crippen molar-refractivity contribution in [3.05, 3.63) is 44.1 Å². The maximum atomic E-state index is 12.5. The molecule has 3 aromatic heterocycles. The van der Waals surface area contributed by atoms with Crippen molar-refractivity contribution in [2.75, 3.05) is 0 Å². The Morgan fingerprint density at radius 3 is 2.87 bits per heavy atom. The molecule has 3 aromatic rings. The van der Waals surface area contributed by atoms with Gasteiger partial charge in [0.1, 0.15) is 0 Å². The van der Waals surface area contributed by atoms with E-state index in [-0.39, 0.29) is 23.7 Å². The number of thiophene rings is 2. The van der Waals surface area contributed by atoms with Crippen molar-refractivity contribution in [1.29, 1.82) is 0 Å². The monoisotopic (exact) mass is 458 g/mol. The second-order valence-corrected chi connectivity index (χ2v) is 10.8. The molecule has 0 aromatic carbocycles. The zero-order chi connectivity index (χ0) is 22.0. The maximum Gasteiger partial charge on any atom is 0.279 e. The summed E-state index contributed by atoms with van der Waals surface area (Å²) in [6.45, 7) is 6.82. The third kappa shape index (κ3) is 5.22. The van der Waals surface area contributed by atoms with Crippen molar-refractivity contribution in [3.8, 4) is 11.4 Å². The van der Waals surface area contributed by atoms with E-state index in [9.17, 15) is 9.59 Å². The minimum Gasteiger partial charge on any atom is -0.339 e. The van der Waals surface area contributed by atoms with E-state index in [1.165, 1.54) is 21.8 Å². The number of aryl methyl sites for hydroxylation is 2. The molecule has 1 unspecified atom stereocenters. The first-order valence-electron chi connectivity index (χ1n) is 10.4. The molecule has 0 saturated carbocycles. The van der Waals surface area contributed by atoms with Crippen LogP contribution in [0.3, 0.4) is 0 Å². The van der Waals surface area contributed by atoms with Crippen molar-refractivity contribution in [2.45, 2.75) is 52.9 Å². The standard InChI is InChI=1S/C22H26N4O3S2/c1-22(2,3)15-4-5-16-14(10-15)11-17(31-16)21(28)25-24-18(27)6-7-19-23-20(26-29-19)13-8-9-30-12-13/h8-9,11-12,15H,4-7,10H2,1-3H3,(H,24,27)(H,25,28). The first kappa shape index (κ1) is 21.7. The lowest BCUT2D eigenvalue weighted by molar-refractivity contribution is -0.121. The number of rotatable bonds is 5. The Labute approximate surface area is 189 Å². The summed E-state index contributed by atoms with van der Waals surface area (Å²) in [6.07, 6.45) is 3.62. The molecule has 7 nitrogen and oxygen atoms in total. The Morgan fingerprint density at radius 1 is 1.29 bits per heavy atom. The molecule has 0 bridgehead atoms. The number of carbonyl (C=O) groups is 2. The van der Waals surface area contributed by atoms with Crippen molar-refractivity contribution in [1.82, 2.24) is 21.0 Å². The number of fused-ring (bicyclic) bond motifs is 1. The number of hydrazine groups is 1. The highest BCUT2D eigenvalue weighted by Crippen LogP contribution is 2.40. The fourth-order valence-electron chi connectivity index (χ4n) is 3.71. The van der Waals surface area contributed by atoms with Crippen LogP contribution in [-0.4, -0.2) is 22.0 Å². The number of amides is 2. The van der Waals surface area contributed by atoms with Gasteiger partial charge in [0.15, 0.2) is 0 Å². The molecule has 164 valence electrons. The number of nitrogens with one attached hydrogen (secondary N) is 2. The van der Waals surface area contributed by atoms with Gasteiger partial charge in [0.05, 0.1) is 4.88 Å². The molecular formula is C22H26N4O3S2. The minimum absolute atomic E-state index is 0.139. The minimum atomic E-state index is -0.308. The molecule has 0 saturated heterocycles. The molecule has 1 aliphatic rings. The smallest absolute Gasteiger partial charge is 0.279 e. The third-order valence-electron chi connectivity index (χ3n) is 5.66. The van der Waals surface area contributed by atoms with Gasteiger partial charge in [-0.2, -0.15) is 16.3 Å². The molecule has 9 heteroatoms. The number of hydrogen-bond donors (Lipinski definition) is 2. The SMILES string of the molecule is CC(C)(C)C1CCc2sc(C(=O)NNC(=O)CCc3nc(-c4ccsc4)no3)cc2C1. The van der Waals surface area contributed by atoms with Crippen molar-refractivity contribution in [2.24, 2.45) is 11.3 Å². The van der Waals surface area contributed by atoms with Gasteiger partial charge in [-0.15, -0.1) is 11.3 Å². The van der Waals surface area contributed by atoms with Crippen molar-refractivity contribution >= 4 is 34.5 Å². The van der Waals surface area contributed by atoms with Crippen LogP contribution < -0.4 is 10.9 Å². The average Bonchev–Trinajstić information content (AvgIpc) is 3.48. The molecule has 0 aliphatic heterocycles. The van der Waals surface area contributed by atoms with E-state index in [4.69, 9.17) is 4.52 Å². The zero-order valence-electron chi connectivity index (χ0n) is 17.9. The van der Waals surface area contributed by atoms with Crippen molar-refractivity contribution < 1.29 is 14.1 Å². The molecule has 0 radical (unpaired) electrons. The van der Waals surface area contributed by atoms with Gasteiger partial charge in [0.25, 0.3) is 5.91 Å². The predicted octanol–water partition coefficient (Wildman–Crippen LogP) is 4.40. The molecule has 3 heterocycles. The Balaban J connectivity index is 1.26. The summed E-state index contributed by atoms with van der Waals surface area (Å²) >= 11 is 3.08. The van der Waals surface area contributed by atoms with Gasteiger partial charge >= 0.3 is 0 Å². The normalized spacial score (nSPS) is 16.0. The Bertz CT molecular complexity index is 1060. The second-order valence-electron chi connectivity index (χ2n) is 8.89. The molecule has 31 heavy (non-hydrogen) atoms. The molecule has 0 spiro atoms. The van der Waals surface area contributed by atoms with E-state index in [1.54, 1.807) is 11.3 Å². The largest absolute Gasteiger partial charge is 0.339 e. The number of carbonyl (C=O) groups excluding carboxylic acids is 2. The van der Waals surface area contributed by atoms with Crippen LogP contribution in [0, 0.1) is 11.3 Å². The van der Waals surface area contributed by atoms with Crippen LogP contribution in [0.1, 0.15) is 59.6 Å². The molecule has 1 aliphatic carbocycles. The Morgan fingerprint density at radius 2 is 2.13 bits per heavy atom. The van der Waals surface area contributed by atoms with Gasteiger partial charge in [-0.3, -0.25) is 20.4 Å². The molecule has 4 rings (SSSR count). The lowest BCUT2D eigenvalue weighted by Crippen LogP contribution is -2.41. The summed E-state index contributed by atoms with van der Waals surface area (Å²) < 4.78 is 5.19. The van der Waals surface area contributed by atoms with Gasteiger partial charge < -0.3 is 4.52 Å². The van der Waals surface area contributed by atoms with E-state index in [0.717, 1.165) is 24.8 Å². The van der Waals surface area contributed by atoms with E-state index >= 15 is 0 Å². The fourth-order valence-corrected chi connectivity index (χ4v) is 5.45. The quantitative estimate of drug-likeness (QED) is 0.552. The molecule has 0 fully saturated rings. The third-order valence-corrected chi connectivity index (χ3v) is 7.58. The summed E-state index contributed by atoms with van der Waals surface area (Å²) in [5.74, 6) is 0.938. The summed E-state index contributed by atoms with van der Waals surface area (Å²) in [4.78, 5) is 30.8. The molecule has 1 atom stereocenters. The summed E-state index contributed by atoms with van der Waals surface area (Å²) in [6, 6.07) is 3.89. The van der Waals surface area contributed by atoms with Crippen LogP contribution in [0.25, 0.3) is 11.4 Å². The highest BCUT2D eigenvalue weighted by atomic mass is 32.1. The second kappa shape index (κ2) is 8.92. The first-order valence-corrected chi connectivity index (χ1v) is 12.1. The van der Waals surface area contributed by atoms with Gasteiger partial charge in [0, 0.05) is 28.7 Å². The van der Waals surface area contributed by atoms with Gasteiger partial charge in [-0.25, -0.2) is 0 Å². The Hall–Kier alpha value is -2.52. The average molecular weight is 459 g/mol. The fraction of sp³-hybridized carbons (Fsp3) is 0.455. The highest BCUT2D eigenvalue weighted by molar-refractivity contribution is 7.14. The maximum absolute atomic E-state index is 12.5. The van der Waals surface area contributed by atoms with E-state index in [1.807, 2.05) is 22.9 Å². The number of nitrogens with zero attached hydrogens (tertiary/aromatic N) is 2. The van der Waals surface area contributed by atoms with E-state index < -0.39 is 0 Å². The van der Waals surface area contributed by atoms with Crippen LogP contribution in [0.15, 0.2) is 27.4 Å². The van der Waals surface area contributed by atoms with Crippen LogP contribution in [0.4, 0.5) is 0 Å². The molecule has 2 N–H and O–H groups in total. The van der Waals surface area contributed by atoms with Gasteiger partial charge in [0.2, 0.25) is 17.6 Å². The van der Waals surface area contributed by atoms with E-state index in [0.29, 0.717) is 28.9 Å². The van der Waals surface area contributed by atoms with Crippen LogP contribution >= 0.6 is 22.7 Å². The van der Waals surface area contributed by atoms with Crippen LogP contribution in [0.5, 0.6) is 0 Å². The van der Waals surface area contributed by atoms with Gasteiger partial charge in [-0.05, 0) is 53.7 Å². The Kier molecular flexibility index (Phi) is 6.24. The first-order chi connectivity index (χ1) is 14.8. The van der Waals surface area contributed by atoms with Crippen LogP contribution in [0.2, 0.25) is 0 Å². The summed E-state index contributed by atoms with van der Waals surface area (Å²) in [7, 11) is 0. The van der Waals surface area contributed by atoms with E-state index in [2.05, 4.69) is 41.8 Å². The molecule has 2 amide bonds. The lowest BCUT2D eigenvalue weighted by Gasteiger charge is -2.33. The number of hydrogen-bond acceptors (Lipinski definition) is 7. The highest BCUT2D eigenvalue weighted by Gasteiger charge is 2.30.